The highest BCUT2D eigenvalue weighted by Crippen LogP contribution is 2.29. The fraction of sp³-hybridized carbons (Fsp3) is 0.273. The quantitative estimate of drug-likeness (QED) is 0.473. The number of rotatable bonds is 4. The van der Waals surface area contributed by atoms with E-state index in [9.17, 15) is 14.0 Å². The molecule has 0 atom stereocenters. The molecule has 6 heteroatoms. The second-order valence-electron chi connectivity index (χ2n) is 3.02. The smallest absolute Gasteiger partial charge is 0.379 e. The molecule has 0 aliphatic carbocycles. The maximum absolute atomic E-state index is 13.2. The molecule has 92 valence electrons. The van der Waals surface area contributed by atoms with E-state index in [0.717, 1.165) is 12.1 Å². The molecule has 17 heavy (non-hydrogen) atoms. The van der Waals surface area contributed by atoms with Crippen molar-refractivity contribution in [2.45, 2.75) is 6.92 Å². The summed E-state index contributed by atoms with van der Waals surface area (Å²) in [6.07, 6.45) is 0. The third kappa shape index (κ3) is 2.94. The lowest BCUT2D eigenvalue weighted by Crippen LogP contribution is -2.18. The summed E-state index contributed by atoms with van der Waals surface area (Å²) in [5, 5.41) is -0.119. The van der Waals surface area contributed by atoms with Crippen molar-refractivity contribution in [1.82, 2.24) is 0 Å². The first-order chi connectivity index (χ1) is 8.01. The third-order valence-corrected chi connectivity index (χ3v) is 2.32. The Labute approximate surface area is 102 Å². The summed E-state index contributed by atoms with van der Waals surface area (Å²) in [6, 6.07) is 1.88. The van der Waals surface area contributed by atoms with Crippen LogP contribution in [0.1, 0.15) is 17.3 Å². The van der Waals surface area contributed by atoms with Crippen LogP contribution in [0, 0.1) is 5.82 Å². The average molecular weight is 261 g/mol. The van der Waals surface area contributed by atoms with Gasteiger partial charge in [0.25, 0.3) is 5.78 Å². The number of carbonyl (C=O) groups excluding carboxylic acids is 2. The molecule has 1 rings (SSSR count). The van der Waals surface area contributed by atoms with Crippen LogP contribution in [0.15, 0.2) is 12.1 Å². The number of methoxy groups -OCH3 is 1. The van der Waals surface area contributed by atoms with Gasteiger partial charge in [-0.1, -0.05) is 11.6 Å². The van der Waals surface area contributed by atoms with Crippen molar-refractivity contribution in [2.24, 2.45) is 0 Å². The summed E-state index contributed by atoms with van der Waals surface area (Å²) in [5.41, 5.74) is -0.276. The van der Waals surface area contributed by atoms with Crippen molar-refractivity contribution in [3.63, 3.8) is 0 Å². The molecular weight excluding hydrogens is 251 g/mol. The monoisotopic (exact) mass is 260 g/mol. The Morgan fingerprint density at radius 3 is 2.59 bits per heavy atom. The third-order valence-electron chi connectivity index (χ3n) is 1.93. The molecule has 1 aromatic carbocycles. The molecule has 0 fully saturated rings. The molecule has 0 N–H and O–H groups in total. The lowest BCUT2D eigenvalue weighted by Gasteiger charge is -2.07. The van der Waals surface area contributed by atoms with E-state index < -0.39 is 17.6 Å². The van der Waals surface area contributed by atoms with Crippen LogP contribution in [0.5, 0.6) is 5.75 Å². The van der Waals surface area contributed by atoms with Crippen LogP contribution >= 0.6 is 11.6 Å². The highest BCUT2D eigenvalue weighted by Gasteiger charge is 2.23. The summed E-state index contributed by atoms with van der Waals surface area (Å²) in [6.45, 7) is 1.60. The molecule has 0 aliphatic rings. The minimum atomic E-state index is -1.08. The number of carbonyl (C=O) groups is 2. The normalized spacial score (nSPS) is 9.88. The van der Waals surface area contributed by atoms with Crippen LogP contribution < -0.4 is 4.74 Å². The molecular formula is C11H10ClFO4. The van der Waals surface area contributed by atoms with Gasteiger partial charge in [0.15, 0.2) is 0 Å². The van der Waals surface area contributed by atoms with E-state index in [-0.39, 0.29) is 22.9 Å². The first-order valence-electron chi connectivity index (χ1n) is 4.75. The predicted molar refractivity (Wildman–Crippen MR) is 58.9 cm³/mol. The number of ketones is 1. The zero-order valence-corrected chi connectivity index (χ0v) is 10.0. The number of hydrogen-bond acceptors (Lipinski definition) is 4. The Balaban J connectivity index is 3.17. The molecule has 1 aromatic rings. The van der Waals surface area contributed by atoms with Gasteiger partial charge in [0.05, 0.1) is 24.3 Å². The maximum atomic E-state index is 13.2. The Kier molecular flexibility index (Phi) is 4.45. The summed E-state index contributed by atoms with van der Waals surface area (Å²) in [7, 11) is 1.28. The molecule has 0 aromatic heterocycles. The van der Waals surface area contributed by atoms with Gasteiger partial charge in [-0.3, -0.25) is 4.79 Å². The van der Waals surface area contributed by atoms with Crippen LogP contribution in [0.25, 0.3) is 0 Å². The molecule has 0 saturated carbocycles. The summed E-state index contributed by atoms with van der Waals surface area (Å²) in [5.74, 6) is -2.82. The molecule has 0 aliphatic heterocycles. The number of halogens is 2. The summed E-state index contributed by atoms with van der Waals surface area (Å²) in [4.78, 5) is 22.8. The van der Waals surface area contributed by atoms with Crippen molar-refractivity contribution in [3.8, 4) is 5.75 Å². The Morgan fingerprint density at radius 1 is 1.41 bits per heavy atom. The number of esters is 1. The number of ether oxygens (including phenoxy) is 2. The second kappa shape index (κ2) is 5.63. The van der Waals surface area contributed by atoms with Crippen molar-refractivity contribution in [2.75, 3.05) is 13.7 Å². The fourth-order valence-electron chi connectivity index (χ4n) is 1.18. The maximum Gasteiger partial charge on any atom is 0.379 e. The first-order valence-corrected chi connectivity index (χ1v) is 5.13. The Hall–Kier alpha value is -1.62. The highest BCUT2D eigenvalue weighted by molar-refractivity contribution is 6.46. The zero-order chi connectivity index (χ0) is 13.0. The van der Waals surface area contributed by atoms with Gasteiger partial charge in [0, 0.05) is 6.07 Å². The van der Waals surface area contributed by atoms with Gasteiger partial charge >= 0.3 is 5.97 Å². The molecule has 0 radical (unpaired) electrons. The topological polar surface area (TPSA) is 52.6 Å². The van der Waals surface area contributed by atoms with Gasteiger partial charge in [0.2, 0.25) is 0 Å². The van der Waals surface area contributed by atoms with E-state index in [1.807, 2.05) is 0 Å². The number of benzene rings is 1. The first kappa shape index (κ1) is 13.4. The van der Waals surface area contributed by atoms with Crippen molar-refractivity contribution >= 4 is 23.4 Å². The Morgan fingerprint density at radius 2 is 2.06 bits per heavy atom. The molecule has 0 saturated heterocycles. The van der Waals surface area contributed by atoms with E-state index in [1.54, 1.807) is 6.92 Å². The van der Waals surface area contributed by atoms with Crippen molar-refractivity contribution in [1.29, 1.82) is 0 Å². The van der Waals surface area contributed by atoms with E-state index >= 15 is 0 Å². The van der Waals surface area contributed by atoms with E-state index in [0.29, 0.717) is 0 Å². The fourth-order valence-corrected chi connectivity index (χ4v) is 1.46. The average Bonchev–Trinajstić information content (AvgIpc) is 2.31. The molecule has 0 bridgehead atoms. The van der Waals surface area contributed by atoms with Gasteiger partial charge in [-0.05, 0) is 13.0 Å². The van der Waals surface area contributed by atoms with E-state index in [4.69, 9.17) is 16.3 Å². The van der Waals surface area contributed by atoms with Gasteiger partial charge in [-0.25, -0.2) is 9.18 Å². The molecule has 0 unspecified atom stereocenters. The summed E-state index contributed by atoms with van der Waals surface area (Å²) < 4.78 is 22.5. The summed E-state index contributed by atoms with van der Waals surface area (Å²) >= 11 is 5.80. The zero-order valence-electron chi connectivity index (χ0n) is 9.25. The van der Waals surface area contributed by atoms with Crippen molar-refractivity contribution < 1.29 is 23.5 Å². The largest absolute Gasteiger partial charge is 0.495 e. The lowest BCUT2D eigenvalue weighted by atomic mass is 10.1. The molecule has 0 amide bonds. The molecule has 0 heterocycles. The minimum absolute atomic E-state index is 0.0145. The highest BCUT2D eigenvalue weighted by atomic mass is 35.5. The number of hydrogen-bond donors (Lipinski definition) is 0. The SMILES string of the molecule is CCOC(=O)C(=O)c1cc(F)cc(OC)c1Cl. The molecule has 0 spiro atoms. The minimum Gasteiger partial charge on any atom is -0.495 e. The lowest BCUT2D eigenvalue weighted by molar-refractivity contribution is -0.137. The Bertz CT molecular complexity index is 459. The second-order valence-corrected chi connectivity index (χ2v) is 3.40. The van der Waals surface area contributed by atoms with Gasteiger partial charge in [-0.15, -0.1) is 0 Å². The van der Waals surface area contributed by atoms with E-state index in [1.165, 1.54) is 7.11 Å². The van der Waals surface area contributed by atoms with Gasteiger partial charge in [-0.2, -0.15) is 0 Å². The standard InChI is InChI=1S/C11H10ClFO4/c1-3-17-11(15)10(14)7-4-6(13)5-8(16-2)9(7)12/h4-5H,3H2,1-2H3. The van der Waals surface area contributed by atoms with Crippen LogP contribution in [-0.4, -0.2) is 25.5 Å². The van der Waals surface area contributed by atoms with Crippen LogP contribution in [0.2, 0.25) is 5.02 Å². The number of Topliss-reactive ketones (excluding diaryl/α,β-unsaturated/α-hetero) is 1. The van der Waals surface area contributed by atoms with Crippen LogP contribution in [-0.2, 0) is 9.53 Å². The van der Waals surface area contributed by atoms with Gasteiger partial charge < -0.3 is 9.47 Å². The van der Waals surface area contributed by atoms with Gasteiger partial charge in [0.1, 0.15) is 11.6 Å². The van der Waals surface area contributed by atoms with Crippen molar-refractivity contribution in [3.05, 3.63) is 28.5 Å². The molecule has 4 nitrogen and oxygen atoms in total. The van der Waals surface area contributed by atoms with Crippen LogP contribution in [0.3, 0.4) is 0 Å². The van der Waals surface area contributed by atoms with E-state index in [2.05, 4.69) is 4.74 Å². The van der Waals surface area contributed by atoms with Crippen LogP contribution in [0.4, 0.5) is 4.39 Å². The predicted octanol–water partition coefficient (Wildman–Crippen LogP) is 2.23.